The Morgan fingerprint density at radius 2 is 1.81 bits per heavy atom. The number of pyridine rings is 1. The summed E-state index contributed by atoms with van der Waals surface area (Å²) in [6, 6.07) is 16.6. The quantitative estimate of drug-likeness (QED) is 0.419. The highest BCUT2D eigenvalue weighted by atomic mass is 35.5. The largest absolute Gasteiger partial charge is 0.489 e. The van der Waals surface area contributed by atoms with Gasteiger partial charge in [-0.25, -0.2) is 4.79 Å². The first-order valence-electron chi connectivity index (χ1n) is 10.1. The Labute approximate surface area is 200 Å². The third-order valence-corrected chi connectivity index (χ3v) is 5.22. The van der Waals surface area contributed by atoms with Gasteiger partial charge in [0.15, 0.2) is 5.60 Å². The van der Waals surface area contributed by atoms with Crippen LogP contribution < -0.4 is 10.5 Å². The van der Waals surface area contributed by atoms with E-state index < -0.39 is 17.6 Å². The van der Waals surface area contributed by atoms with Crippen molar-refractivity contribution in [3.63, 3.8) is 0 Å². The van der Waals surface area contributed by atoms with E-state index in [1.165, 1.54) is 0 Å². The summed E-state index contributed by atoms with van der Waals surface area (Å²) >= 11 is 0. The van der Waals surface area contributed by atoms with E-state index in [-0.39, 0.29) is 37.2 Å². The Bertz CT molecular complexity index is 1030. The standard InChI is InChI=1S/C24H28N2O4.2ClH/c1-16(2)12-22(25)24(29,23(27)28)14-19-13-20(10-11-26-19)30-15-18-8-5-7-17-6-3-4-9-21(17)18;;/h3-11,13,16,22,29H,12,14-15,25H2,1-2H3,(H,27,28);2*1H/t22-,24+;;/m0../s1. The van der Waals surface area contributed by atoms with Crippen LogP contribution in [0.25, 0.3) is 10.8 Å². The van der Waals surface area contributed by atoms with Crippen molar-refractivity contribution >= 4 is 41.6 Å². The maximum atomic E-state index is 11.8. The van der Waals surface area contributed by atoms with Crippen LogP contribution in [0.4, 0.5) is 0 Å². The monoisotopic (exact) mass is 480 g/mol. The number of nitrogens with zero attached hydrogens (tertiary/aromatic N) is 1. The lowest BCUT2D eigenvalue weighted by molar-refractivity contribution is -0.161. The third kappa shape index (κ3) is 6.56. The molecule has 3 rings (SSSR count). The van der Waals surface area contributed by atoms with Gasteiger partial charge in [0.05, 0.1) is 0 Å². The van der Waals surface area contributed by atoms with Gasteiger partial charge in [-0.1, -0.05) is 56.3 Å². The number of ether oxygens (including phenoxy) is 1. The molecule has 0 saturated heterocycles. The van der Waals surface area contributed by atoms with E-state index in [1.54, 1.807) is 18.3 Å². The fraction of sp³-hybridized carbons (Fsp3) is 0.333. The molecule has 0 fully saturated rings. The van der Waals surface area contributed by atoms with Crippen molar-refractivity contribution in [2.75, 3.05) is 0 Å². The summed E-state index contributed by atoms with van der Waals surface area (Å²) in [5, 5.41) is 22.6. The Kier molecular flexibility index (Phi) is 10.4. The van der Waals surface area contributed by atoms with Crippen LogP contribution in [0.5, 0.6) is 5.75 Å². The fourth-order valence-corrected chi connectivity index (χ4v) is 3.57. The first kappa shape index (κ1) is 27.7. The number of halogens is 2. The number of hydrogen-bond acceptors (Lipinski definition) is 5. The lowest BCUT2D eigenvalue weighted by Gasteiger charge is -2.30. The number of hydrogen-bond donors (Lipinski definition) is 3. The number of carbonyl (C=O) groups is 1. The van der Waals surface area contributed by atoms with Crippen LogP contribution in [-0.4, -0.2) is 32.8 Å². The number of aliphatic carboxylic acids is 1. The zero-order chi connectivity index (χ0) is 21.7. The van der Waals surface area contributed by atoms with Gasteiger partial charge < -0.3 is 20.7 Å². The van der Waals surface area contributed by atoms with Crippen LogP contribution >= 0.6 is 24.8 Å². The molecule has 1 aromatic heterocycles. The molecule has 2 atom stereocenters. The average Bonchev–Trinajstić information content (AvgIpc) is 2.71. The van der Waals surface area contributed by atoms with Crippen molar-refractivity contribution in [2.24, 2.45) is 11.7 Å². The number of aliphatic hydroxyl groups is 1. The van der Waals surface area contributed by atoms with Crippen LogP contribution in [-0.2, 0) is 17.8 Å². The Hall–Kier alpha value is -2.38. The minimum absolute atomic E-state index is 0. The molecule has 2 aromatic carbocycles. The van der Waals surface area contributed by atoms with Crippen molar-refractivity contribution < 1.29 is 19.7 Å². The van der Waals surface area contributed by atoms with Gasteiger partial charge in [0.2, 0.25) is 0 Å². The topological polar surface area (TPSA) is 106 Å². The molecule has 0 aliphatic rings. The predicted octanol–water partition coefficient (Wildman–Crippen LogP) is 4.39. The summed E-state index contributed by atoms with van der Waals surface area (Å²) in [6.07, 6.45) is 1.74. The maximum absolute atomic E-state index is 11.8. The molecule has 0 bridgehead atoms. The highest BCUT2D eigenvalue weighted by Crippen LogP contribution is 2.24. The summed E-state index contributed by atoms with van der Waals surface area (Å²) in [5.74, 6) is -0.633. The van der Waals surface area contributed by atoms with E-state index in [1.807, 2.05) is 38.1 Å². The van der Waals surface area contributed by atoms with Gasteiger partial charge in [-0.15, -0.1) is 24.8 Å². The highest BCUT2D eigenvalue weighted by molar-refractivity contribution is 5.86. The maximum Gasteiger partial charge on any atom is 0.337 e. The van der Waals surface area contributed by atoms with E-state index in [2.05, 4.69) is 23.2 Å². The Balaban J connectivity index is 0.00000256. The first-order chi connectivity index (χ1) is 14.3. The zero-order valence-electron chi connectivity index (χ0n) is 18.1. The predicted molar refractivity (Wildman–Crippen MR) is 131 cm³/mol. The molecule has 0 amide bonds. The molecular formula is C24H30Cl2N2O4. The van der Waals surface area contributed by atoms with Crippen LogP contribution in [0.15, 0.2) is 60.8 Å². The Morgan fingerprint density at radius 1 is 1.12 bits per heavy atom. The first-order valence-corrected chi connectivity index (χ1v) is 10.1. The van der Waals surface area contributed by atoms with Crippen LogP contribution in [0.2, 0.25) is 0 Å². The SMILES string of the molecule is CC(C)C[C@H](N)[C@](O)(Cc1cc(OCc2cccc3ccccc23)ccn1)C(=O)O.Cl.Cl. The van der Waals surface area contributed by atoms with Crippen molar-refractivity contribution in [1.29, 1.82) is 0 Å². The van der Waals surface area contributed by atoms with Gasteiger partial charge in [0.1, 0.15) is 12.4 Å². The van der Waals surface area contributed by atoms with E-state index in [9.17, 15) is 15.0 Å². The second-order valence-corrected chi connectivity index (χ2v) is 8.05. The summed E-state index contributed by atoms with van der Waals surface area (Å²) in [5.41, 5.74) is 5.41. The zero-order valence-corrected chi connectivity index (χ0v) is 19.7. The normalized spacial score (nSPS) is 13.5. The molecule has 0 aliphatic heterocycles. The van der Waals surface area contributed by atoms with Crippen LogP contribution in [0.1, 0.15) is 31.5 Å². The third-order valence-electron chi connectivity index (χ3n) is 5.22. The fourth-order valence-electron chi connectivity index (χ4n) is 3.57. The smallest absolute Gasteiger partial charge is 0.337 e. The average molecular weight is 481 g/mol. The van der Waals surface area contributed by atoms with E-state index in [0.29, 0.717) is 24.5 Å². The summed E-state index contributed by atoms with van der Waals surface area (Å²) < 4.78 is 5.94. The summed E-state index contributed by atoms with van der Waals surface area (Å²) in [4.78, 5) is 16.0. The summed E-state index contributed by atoms with van der Waals surface area (Å²) in [6.45, 7) is 4.23. The molecule has 0 saturated carbocycles. The van der Waals surface area contributed by atoms with Crippen molar-refractivity contribution in [3.8, 4) is 5.75 Å². The molecule has 1 heterocycles. The van der Waals surface area contributed by atoms with Gasteiger partial charge in [0, 0.05) is 30.4 Å². The number of aromatic nitrogens is 1. The van der Waals surface area contributed by atoms with Crippen molar-refractivity contribution in [1.82, 2.24) is 4.98 Å². The molecule has 174 valence electrons. The lowest BCUT2D eigenvalue weighted by atomic mass is 9.84. The number of fused-ring (bicyclic) bond motifs is 1. The van der Waals surface area contributed by atoms with Gasteiger partial charge in [-0.3, -0.25) is 4.98 Å². The number of carboxylic acid groups (broad SMARTS) is 1. The second kappa shape index (κ2) is 12.0. The highest BCUT2D eigenvalue weighted by Gasteiger charge is 2.43. The van der Waals surface area contributed by atoms with Crippen molar-refractivity contribution in [2.45, 2.75) is 44.9 Å². The Morgan fingerprint density at radius 3 is 2.50 bits per heavy atom. The molecule has 0 radical (unpaired) electrons. The molecule has 8 heteroatoms. The molecular weight excluding hydrogens is 451 g/mol. The van der Waals surface area contributed by atoms with Gasteiger partial charge in [0.25, 0.3) is 0 Å². The van der Waals surface area contributed by atoms with Crippen LogP contribution in [0.3, 0.4) is 0 Å². The lowest BCUT2D eigenvalue weighted by Crippen LogP contribution is -2.56. The molecule has 3 aromatic rings. The molecule has 0 aliphatic carbocycles. The van der Waals surface area contributed by atoms with Gasteiger partial charge >= 0.3 is 5.97 Å². The minimum atomic E-state index is -2.09. The van der Waals surface area contributed by atoms with Crippen LogP contribution in [0, 0.1) is 5.92 Å². The number of rotatable bonds is 9. The molecule has 32 heavy (non-hydrogen) atoms. The summed E-state index contributed by atoms with van der Waals surface area (Å²) in [7, 11) is 0. The molecule has 4 N–H and O–H groups in total. The number of benzene rings is 2. The minimum Gasteiger partial charge on any atom is -0.489 e. The molecule has 0 spiro atoms. The van der Waals surface area contributed by atoms with Gasteiger partial charge in [-0.2, -0.15) is 0 Å². The van der Waals surface area contributed by atoms with E-state index >= 15 is 0 Å². The van der Waals surface area contributed by atoms with E-state index in [4.69, 9.17) is 10.5 Å². The number of carboxylic acids is 1. The second-order valence-electron chi connectivity index (χ2n) is 8.05. The molecule has 0 unspecified atom stereocenters. The van der Waals surface area contributed by atoms with Crippen molar-refractivity contribution in [3.05, 3.63) is 72.1 Å². The van der Waals surface area contributed by atoms with E-state index in [0.717, 1.165) is 16.3 Å². The van der Waals surface area contributed by atoms with Gasteiger partial charge in [-0.05, 0) is 34.7 Å². The molecule has 6 nitrogen and oxygen atoms in total. The number of nitrogens with two attached hydrogens (primary N) is 1.